The van der Waals surface area contributed by atoms with Gasteiger partial charge in [-0.3, -0.25) is 4.21 Å². The van der Waals surface area contributed by atoms with Gasteiger partial charge < -0.3 is 8.97 Å². The van der Waals surface area contributed by atoms with Crippen molar-refractivity contribution < 1.29 is 13.2 Å². The molecule has 0 aliphatic rings. The summed E-state index contributed by atoms with van der Waals surface area (Å²) in [6.45, 7) is 0. The monoisotopic (exact) mass is 184 g/mol. The highest BCUT2D eigenvalue weighted by atomic mass is 32.2. The van der Waals surface area contributed by atoms with Gasteiger partial charge in [-0.05, 0) is 23.2 Å². The average Bonchev–Trinajstić information content (AvgIpc) is 2.51. The largest absolute Gasteiger partial charge is 0.771 e. The van der Waals surface area contributed by atoms with Crippen molar-refractivity contribution in [1.29, 1.82) is 5.26 Å². The van der Waals surface area contributed by atoms with Gasteiger partial charge in [0.1, 0.15) is 11.0 Å². The van der Waals surface area contributed by atoms with Crippen LogP contribution in [0.5, 0.6) is 0 Å². The molecule has 0 spiro atoms. The first kappa shape index (κ1) is 8.97. The standard InChI is InChI=1S/C7H7NO3S/c8-5-7(12(9)10)4-6-2-1-3-11-6/h1-3,7H,4H2,(H,9,10)/p-1/t7-/m0/s1. The molecule has 0 saturated carbocycles. The van der Waals surface area contributed by atoms with Crippen molar-refractivity contribution in [3.63, 3.8) is 0 Å². The van der Waals surface area contributed by atoms with Crippen LogP contribution in [0.2, 0.25) is 0 Å². The molecule has 0 N–H and O–H groups in total. The number of rotatable bonds is 3. The average molecular weight is 184 g/mol. The van der Waals surface area contributed by atoms with Crippen LogP contribution in [0.3, 0.4) is 0 Å². The summed E-state index contributed by atoms with van der Waals surface area (Å²) < 4.78 is 25.7. The summed E-state index contributed by atoms with van der Waals surface area (Å²) in [5, 5.41) is 7.39. The molecule has 0 radical (unpaired) electrons. The maximum Gasteiger partial charge on any atom is 0.115 e. The van der Waals surface area contributed by atoms with Crippen molar-refractivity contribution in [2.75, 3.05) is 0 Å². The summed E-state index contributed by atoms with van der Waals surface area (Å²) in [5.74, 6) is 0.505. The second-order valence-corrected chi connectivity index (χ2v) is 3.25. The van der Waals surface area contributed by atoms with Crippen LogP contribution in [-0.4, -0.2) is 14.0 Å². The van der Waals surface area contributed by atoms with Gasteiger partial charge >= 0.3 is 0 Å². The number of nitrogens with zero attached hydrogens (tertiary/aromatic N) is 1. The van der Waals surface area contributed by atoms with Crippen molar-refractivity contribution in [3.05, 3.63) is 24.2 Å². The van der Waals surface area contributed by atoms with E-state index >= 15 is 0 Å². The molecule has 0 bridgehead atoms. The highest BCUT2D eigenvalue weighted by Gasteiger charge is 2.10. The van der Waals surface area contributed by atoms with E-state index in [2.05, 4.69) is 0 Å². The SMILES string of the molecule is N#C[C@H](Cc1ccco1)S(=O)[O-]. The molecular weight excluding hydrogens is 178 g/mol. The minimum absolute atomic E-state index is 0.111. The van der Waals surface area contributed by atoms with E-state index in [1.807, 2.05) is 0 Å². The number of hydrogen-bond acceptors (Lipinski definition) is 4. The lowest BCUT2D eigenvalue weighted by Crippen LogP contribution is -2.14. The van der Waals surface area contributed by atoms with Gasteiger partial charge in [0, 0.05) is 6.42 Å². The fourth-order valence-corrected chi connectivity index (χ4v) is 1.15. The van der Waals surface area contributed by atoms with Gasteiger partial charge in [-0.25, -0.2) is 0 Å². The highest BCUT2D eigenvalue weighted by Crippen LogP contribution is 2.06. The molecule has 1 heterocycles. The Morgan fingerprint density at radius 2 is 2.58 bits per heavy atom. The first-order valence-corrected chi connectivity index (χ1v) is 4.38. The lowest BCUT2D eigenvalue weighted by Gasteiger charge is -2.09. The Labute approximate surface area is 72.1 Å². The van der Waals surface area contributed by atoms with Crippen LogP contribution in [-0.2, 0) is 17.5 Å². The molecule has 5 heteroatoms. The first-order chi connectivity index (χ1) is 5.74. The van der Waals surface area contributed by atoms with Crippen molar-refractivity contribution in [2.45, 2.75) is 11.7 Å². The third-order valence-electron chi connectivity index (χ3n) is 1.34. The van der Waals surface area contributed by atoms with E-state index < -0.39 is 16.3 Å². The Hall–Kier alpha value is -1.12. The zero-order chi connectivity index (χ0) is 8.97. The molecule has 64 valence electrons. The Bertz CT molecular complexity index is 301. The summed E-state index contributed by atoms with van der Waals surface area (Å²) in [7, 11) is 0. The fourth-order valence-electron chi connectivity index (χ4n) is 0.768. The normalized spacial score (nSPS) is 15.0. The molecule has 4 nitrogen and oxygen atoms in total. The quantitative estimate of drug-likeness (QED) is 0.644. The molecule has 0 aliphatic heterocycles. The predicted octanol–water partition coefficient (Wildman–Crippen LogP) is 0.593. The van der Waals surface area contributed by atoms with E-state index in [0.29, 0.717) is 5.76 Å². The molecule has 1 aromatic heterocycles. The van der Waals surface area contributed by atoms with Crippen molar-refractivity contribution >= 4 is 11.1 Å². The Morgan fingerprint density at radius 1 is 1.83 bits per heavy atom. The van der Waals surface area contributed by atoms with Crippen LogP contribution in [0.1, 0.15) is 5.76 Å². The van der Waals surface area contributed by atoms with Gasteiger partial charge in [0.25, 0.3) is 0 Å². The minimum atomic E-state index is -2.36. The van der Waals surface area contributed by atoms with Crippen LogP contribution in [0.15, 0.2) is 22.8 Å². The summed E-state index contributed by atoms with van der Waals surface area (Å²) in [4.78, 5) is 0. The van der Waals surface area contributed by atoms with Gasteiger partial charge in [-0.15, -0.1) is 0 Å². The van der Waals surface area contributed by atoms with Crippen LogP contribution in [0, 0.1) is 11.3 Å². The number of hydrogen-bond donors (Lipinski definition) is 0. The highest BCUT2D eigenvalue weighted by molar-refractivity contribution is 7.80. The molecule has 0 aromatic carbocycles. The molecule has 0 amide bonds. The van der Waals surface area contributed by atoms with E-state index in [-0.39, 0.29) is 6.42 Å². The van der Waals surface area contributed by atoms with E-state index in [9.17, 15) is 8.76 Å². The smallest absolute Gasteiger partial charge is 0.115 e. The maximum atomic E-state index is 10.4. The summed E-state index contributed by atoms with van der Waals surface area (Å²) >= 11 is -2.36. The van der Waals surface area contributed by atoms with Gasteiger partial charge in [-0.1, -0.05) is 0 Å². The Morgan fingerprint density at radius 3 is 3.00 bits per heavy atom. The van der Waals surface area contributed by atoms with E-state index in [0.717, 1.165) is 0 Å². The minimum Gasteiger partial charge on any atom is -0.771 e. The predicted molar refractivity (Wildman–Crippen MR) is 40.7 cm³/mol. The van der Waals surface area contributed by atoms with Gasteiger partial charge in [0.05, 0.1) is 12.3 Å². The summed E-state index contributed by atoms with van der Waals surface area (Å²) in [5.41, 5.74) is 0. The van der Waals surface area contributed by atoms with Crippen molar-refractivity contribution in [2.24, 2.45) is 0 Å². The van der Waals surface area contributed by atoms with Crippen molar-refractivity contribution in [1.82, 2.24) is 0 Å². The van der Waals surface area contributed by atoms with E-state index in [1.54, 1.807) is 18.2 Å². The molecule has 1 aromatic rings. The van der Waals surface area contributed by atoms with E-state index in [1.165, 1.54) is 6.26 Å². The zero-order valence-electron chi connectivity index (χ0n) is 6.10. The zero-order valence-corrected chi connectivity index (χ0v) is 6.91. The number of furan rings is 1. The van der Waals surface area contributed by atoms with Crippen molar-refractivity contribution in [3.8, 4) is 6.07 Å². The summed E-state index contributed by atoms with van der Waals surface area (Å²) in [6, 6.07) is 4.95. The molecule has 1 unspecified atom stereocenters. The van der Waals surface area contributed by atoms with Crippen LogP contribution < -0.4 is 0 Å². The third kappa shape index (κ3) is 2.19. The van der Waals surface area contributed by atoms with Gasteiger partial charge in [-0.2, -0.15) is 5.26 Å². The van der Waals surface area contributed by atoms with Crippen LogP contribution >= 0.6 is 0 Å². The maximum absolute atomic E-state index is 10.4. The molecule has 2 atom stereocenters. The molecule has 0 aliphatic carbocycles. The molecule has 12 heavy (non-hydrogen) atoms. The second-order valence-electron chi connectivity index (χ2n) is 2.16. The first-order valence-electron chi connectivity index (χ1n) is 3.24. The second kappa shape index (κ2) is 4.04. The van der Waals surface area contributed by atoms with Gasteiger partial charge in [0.15, 0.2) is 0 Å². The topological polar surface area (TPSA) is 77.1 Å². The Kier molecular flexibility index (Phi) is 3.02. The van der Waals surface area contributed by atoms with E-state index in [4.69, 9.17) is 9.68 Å². The fraction of sp³-hybridized carbons (Fsp3) is 0.286. The third-order valence-corrected chi connectivity index (χ3v) is 2.08. The lowest BCUT2D eigenvalue weighted by atomic mass is 10.3. The lowest BCUT2D eigenvalue weighted by molar-refractivity contribution is 0.496. The molecule has 0 saturated heterocycles. The summed E-state index contributed by atoms with van der Waals surface area (Å²) in [6.07, 6.45) is 1.55. The van der Waals surface area contributed by atoms with Crippen LogP contribution in [0.25, 0.3) is 0 Å². The molecule has 1 rings (SSSR count). The Balaban J connectivity index is 2.62. The number of nitriles is 1. The van der Waals surface area contributed by atoms with Gasteiger partial charge in [0.2, 0.25) is 0 Å². The molecule has 0 fully saturated rings. The van der Waals surface area contributed by atoms with Crippen LogP contribution in [0.4, 0.5) is 0 Å². The molecular formula is C7H6NO3S-.